The van der Waals surface area contributed by atoms with E-state index in [4.69, 9.17) is 16.0 Å². The zero-order valence-corrected chi connectivity index (χ0v) is 15.6. The third-order valence-electron chi connectivity index (χ3n) is 5.25. The summed E-state index contributed by atoms with van der Waals surface area (Å²) in [5.74, 6) is 0.561. The van der Waals surface area contributed by atoms with Crippen molar-refractivity contribution < 1.29 is 9.21 Å². The van der Waals surface area contributed by atoms with Gasteiger partial charge in [0.05, 0.1) is 11.6 Å². The highest BCUT2D eigenvalue weighted by atomic mass is 35.5. The molecule has 2 aromatic carbocycles. The number of hydrogen-bond donors (Lipinski definition) is 0. The molecule has 1 aliphatic rings. The lowest BCUT2D eigenvalue weighted by Crippen LogP contribution is -2.23. The number of likely N-dealkylation sites (tertiary alicyclic amines) is 1. The molecule has 4 nitrogen and oxygen atoms in total. The molecule has 138 valence electrons. The van der Waals surface area contributed by atoms with Crippen molar-refractivity contribution in [2.75, 3.05) is 19.6 Å². The van der Waals surface area contributed by atoms with Crippen LogP contribution in [0.2, 0.25) is 5.02 Å². The Kier molecular flexibility index (Phi) is 5.10. The molecule has 1 atom stereocenters. The van der Waals surface area contributed by atoms with Gasteiger partial charge in [-0.1, -0.05) is 29.8 Å². The molecule has 0 amide bonds. The molecule has 0 saturated carbocycles. The highest BCUT2D eigenvalue weighted by molar-refractivity contribution is 6.30. The molecule has 1 unspecified atom stereocenters. The number of halogens is 1. The van der Waals surface area contributed by atoms with E-state index in [0.717, 1.165) is 31.1 Å². The predicted octanol–water partition coefficient (Wildman–Crippen LogP) is 4.51. The lowest BCUT2D eigenvalue weighted by atomic mass is 9.99. The molecule has 0 bridgehead atoms. The highest BCUT2D eigenvalue weighted by Gasteiger charge is 2.24. The average molecular weight is 382 g/mol. The van der Waals surface area contributed by atoms with Gasteiger partial charge in [-0.05, 0) is 48.7 Å². The first-order chi connectivity index (χ1) is 13.1. The van der Waals surface area contributed by atoms with E-state index in [-0.39, 0.29) is 11.2 Å². The molecule has 5 heteroatoms. The second-order valence-corrected chi connectivity index (χ2v) is 7.44. The van der Waals surface area contributed by atoms with Gasteiger partial charge in [0.2, 0.25) is 0 Å². The van der Waals surface area contributed by atoms with Crippen molar-refractivity contribution in [3.05, 3.63) is 81.2 Å². The maximum Gasteiger partial charge on any atom is 0.192 e. The zero-order valence-electron chi connectivity index (χ0n) is 14.9. The third-order valence-corrected chi connectivity index (χ3v) is 5.50. The summed E-state index contributed by atoms with van der Waals surface area (Å²) in [5, 5.41) is 1.25. The lowest BCUT2D eigenvalue weighted by molar-refractivity contribution is 0.0968. The zero-order chi connectivity index (χ0) is 18.8. The summed E-state index contributed by atoms with van der Waals surface area (Å²) in [5.41, 5.74) is 2.25. The van der Waals surface area contributed by atoms with Crippen LogP contribution in [0.4, 0.5) is 0 Å². The van der Waals surface area contributed by atoms with E-state index in [9.17, 15) is 9.59 Å². The third kappa shape index (κ3) is 3.97. The number of rotatable bonds is 5. The smallest absolute Gasteiger partial charge is 0.192 e. The Morgan fingerprint density at radius 1 is 1.15 bits per heavy atom. The number of benzene rings is 2. The Balaban J connectivity index is 1.37. The van der Waals surface area contributed by atoms with Crippen molar-refractivity contribution in [1.82, 2.24) is 4.90 Å². The Labute approximate surface area is 162 Å². The summed E-state index contributed by atoms with van der Waals surface area (Å²) in [4.78, 5) is 26.7. The molecule has 27 heavy (non-hydrogen) atoms. The average Bonchev–Trinajstić information content (AvgIpc) is 3.15. The van der Waals surface area contributed by atoms with Crippen LogP contribution in [0, 0.1) is 0 Å². The quantitative estimate of drug-likeness (QED) is 0.610. The van der Waals surface area contributed by atoms with Gasteiger partial charge >= 0.3 is 0 Å². The normalized spacial score (nSPS) is 17.4. The van der Waals surface area contributed by atoms with Gasteiger partial charge in [-0.25, -0.2) is 0 Å². The molecule has 0 N–H and O–H groups in total. The second-order valence-electron chi connectivity index (χ2n) is 7.01. The summed E-state index contributed by atoms with van der Waals surface area (Å²) < 4.78 is 5.36. The van der Waals surface area contributed by atoms with Crippen molar-refractivity contribution >= 4 is 28.4 Å². The first-order valence-electron chi connectivity index (χ1n) is 9.13. The fourth-order valence-electron chi connectivity index (χ4n) is 3.70. The minimum absolute atomic E-state index is 0.0679. The van der Waals surface area contributed by atoms with Crippen LogP contribution < -0.4 is 5.43 Å². The van der Waals surface area contributed by atoms with Crippen molar-refractivity contribution in [3.63, 3.8) is 0 Å². The van der Waals surface area contributed by atoms with Gasteiger partial charge in [0.1, 0.15) is 5.58 Å². The molecule has 1 saturated heterocycles. The summed E-state index contributed by atoms with van der Waals surface area (Å²) in [7, 11) is 0. The van der Waals surface area contributed by atoms with E-state index >= 15 is 0 Å². The van der Waals surface area contributed by atoms with Gasteiger partial charge in [0.25, 0.3) is 0 Å². The van der Waals surface area contributed by atoms with Crippen LogP contribution in [0.3, 0.4) is 0 Å². The van der Waals surface area contributed by atoms with Crippen LogP contribution in [0.1, 0.15) is 34.7 Å². The molecule has 4 rings (SSSR count). The Morgan fingerprint density at radius 3 is 2.78 bits per heavy atom. The molecule has 1 aromatic heterocycles. The Bertz CT molecular complexity index is 1030. The molecule has 1 fully saturated rings. The van der Waals surface area contributed by atoms with Crippen LogP contribution in [0.25, 0.3) is 11.0 Å². The highest BCUT2D eigenvalue weighted by Crippen LogP contribution is 2.28. The van der Waals surface area contributed by atoms with Crippen LogP contribution in [-0.4, -0.2) is 30.3 Å². The number of carbonyl (C=O) groups is 1. The molecule has 0 radical (unpaired) electrons. The Morgan fingerprint density at radius 2 is 1.96 bits per heavy atom. The summed E-state index contributed by atoms with van der Waals surface area (Å²) in [6.07, 6.45) is 2.91. The first kappa shape index (κ1) is 18.0. The van der Waals surface area contributed by atoms with Crippen LogP contribution >= 0.6 is 11.6 Å². The summed E-state index contributed by atoms with van der Waals surface area (Å²) >= 11 is 5.96. The number of nitrogens with zero attached hydrogens (tertiary/aromatic N) is 1. The topological polar surface area (TPSA) is 50.5 Å². The molecule has 0 aliphatic carbocycles. The first-order valence-corrected chi connectivity index (χ1v) is 9.50. The van der Waals surface area contributed by atoms with Crippen LogP contribution in [0.15, 0.2) is 64.0 Å². The molecular weight excluding hydrogens is 362 g/mol. The van der Waals surface area contributed by atoms with E-state index in [2.05, 4.69) is 17.0 Å². The van der Waals surface area contributed by atoms with E-state index in [1.807, 2.05) is 12.1 Å². The molecule has 3 aromatic rings. The number of hydrogen-bond acceptors (Lipinski definition) is 4. The van der Waals surface area contributed by atoms with Crippen LogP contribution in [0.5, 0.6) is 0 Å². The largest absolute Gasteiger partial charge is 0.464 e. The van der Waals surface area contributed by atoms with E-state index in [0.29, 0.717) is 28.9 Å². The van der Waals surface area contributed by atoms with Crippen LogP contribution in [-0.2, 0) is 0 Å². The molecule has 2 heterocycles. The van der Waals surface area contributed by atoms with E-state index in [1.165, 1.54) is 17.9 Å². The van der Waals surface area contributed by atoms with Gasteiger partial charge in [0.15, 0.2) is 11.2 Å². The lowest BCUT2D eigenvalue weighted by Gasteiger charge is -2.16. The number of ketones is 1. The van der Waals surface area contributed by atoms with Crippen molar-refractivity contribution in [1.29, 1.82) is 0 Å². The fourth-order valence-corrected chi connectivity index (χ4v) is 3.83. The second kappa shape index (κ2) is 7.67. The SMILES string of the molecule is O=C(CCN1CCC(c2ccc(Cl)cc2)C1)c1ccc2c(=O)ccoc2c1. The Hall–Kier alpha value is -2.43. The van der Waals surface area contributed by atoms with Gasteiger partial charge < -0.3 is 9.32 Å². The predicted molar refractivity (Wildman–Crippen MR) is 107 cm³/mol. The fraction of sp³-hybridized carbons (Fsp3) is 0.273. The number of Topliss-reactive ketones (excluding diaryl/α,β-unsaturated/α-hetero) is 1. The summed E-state index contributed by atoms with van der Waals surface area (Å²) in [6.45, 7) is 2.69. The molecular formula is C22H20ClNO3. The minimum Gasteiger partial charge on any atom is -0.464 e. The molecule has 1 aliphatic heterocycles. The van der Waals surface area contributed by atoms with Crippen molar-refractivity contribution in [2.45, 2.75) is 18.8 Å². The maximum atomic E-state index is 12.6. The van der Waals surface area contributed by atoms with Gasteiger partial charge in [-0.15, -0.1) is 0 Å². The monoisotopic (exact) mass is 381 g/mol. The van der Waals surface area contributed by atoms with Gasteiger partial charge in [-0.2, -0.15) is 0 Å². The standard InChI is InChI=1S/C22H20ClNO3/c23-18-4-1-15(2-5-18)17-7-10-24(14-17)11-8-20(25)16-3-6-19-21(26)9-12-27-22(19)13-16/h1-6,9,12-13,17H,7-8,10-11,14H2. The van der Waals surface area contributed by atoms with E-state index in [1.54, 1.807) is 18.2 Å². The van der Waals surface area contributed by atoms with Crippen molar-refractivity contribution in [2.24, 2.45) is 0 Å². The number of carbonyl (C=O) groups excluding carboxylic acids is 1. The number of fused-ring (bicyclic) bond motifs is 1. The van der Waals surface area contributed by atoms with Gasteiger partial charge in [0, 0.05) is 36.2 Å². The van der Waals surface area contributed by atoms with E-state index < -0.39 is 0 Å². The van der Waals surface area contributed by atoms with Gasteiger partial charge in [-0.3, -0.25) is 9.59 Å². The molecule has 0 spiro atoms. The summed E-state index contributed by atoms with van der Waals surface area (Å²) in [6, 6.07) is 14.5. The maximum absolute atomic E-state index is 12.6. The van der Waals surface area contributed by atoms with Crippen molar-refractivity contribution in [3.8, 4) is 0 Å². The minimum atomic E-state index is -0.0967.